The molecule has 38 heavy (non-hydrogen) atoms. The van der Waals surface area contributed by atoms with Gasteiger partial charge in [-0.25, -0.2) is 13.6 Å². The minimum absolute atomic E-state index is 0.00545. The summed E-state index contributed by atoms with van der Waals surface area (Å²) in [6.07, 6.45) is 5.99. The van der Waals surface area contributed by atoms with Gasteiger partial charge in [0, 0.05) is 38.2 Å². The fraction of sp³-hybridized carbons (Fsp3) is 0.536. The Kier molecular flexibility index (Phi) is 7.26. The summed E-state index contributed by atoms with van der Waals surface area (Å²) >= 11 is 0. The Hall–Kier alpha value is -3.27. The number of aromatic nitrogens is 1. The molecule has 0 amide bonds. The number of pyridine rings is 1. The number of hydrogen-bond acceptors (Lipinski definition) is 6. The Bertz CT molecular complexity index is 1380. The van der Waals surface area contributed by atoms with Gasteiger partial charge in [-0.2, -0.15) is 0 Å². The lowest BCUT2D eigenvalue weighted by atomic mass is 9.98. The van der Waals surface area contributed by atoms with Gasteiger partial charge in [-0.15, -0.1) is 0 Å². The minimum atomic E-state index is -1.37. The number of carbonyl (C=O) groups is 2. The molecule has 1 aromatic carbocycles. The number of ketones is 1. The van der Waals surface area contributed by atoms with Crippen LogP contribution in [0.2, 0.25) is 0 Å². The first-order valence-corrected chi connectivity index (χ1v) is 13.2. The van der Waals surface area contributed by atoms with Crippen LogP contribution >= 0.6 is 0 Å². The molecule has 10 heteroatoms. The number of piperidine rings is 1. The molecule has 0 radical (unpaired) electrons. The number of ether oxygens (including phenoxy) is 1. The first-order chi connectivity index (χ1) is 18.2. The second kappa shape index (κ2) is 10.5. The first-order valence-electron chi connectivity index (χ1n) is 13.2. The average Bonchev–Trinajstić information content (AvgIpc) is 3.66. The van der Waals surface area contributed by atoms with E-state index in [0.717, 1.165) is 38.3 Å². The van der Waals surface area contributed by atoms with Crippen LogP contribution in [0.4, 0.5) is 14.5 Å². The number of rotatable bonds is 8. The molecule has 1 aliphatic carbocycles. The third-order valence-electron chi connectivity index (χ3n) is 8.04. The number of carboxylic acid groups (broad SMARTS) is 1. The topological polar surface area (TPSA) is 92.1 Å². The number of anilines is 1. The zero-order chi connectivity index (χ0) is 27.1. The number of likely N-dealkylation sites (tertiary alicyclic amines) is 1. The largest absolute Gasteiger partial charge is 0.492 e. The molecular formula is C28H33F2N3O5. The van der Waals surface area contributed by atoms with Crippen LogP contribution in [0.15, 0.2) is 28.5 Å². The van der Waals surface area contributed by atoms with Gasteiger partial charge in [-0.3, -0.25) is 14.5 Å². The van der Waals surface area contributed by atoms with E-state index < -0.39 is 22.8 Å². The molecule has 1 N–H and O–H groups in total. The van der Waals surface area contributed by atoms with Crippen LogP contribution in [0.3, 0.4) is 0 Å². The molecular weight excluding hydrogens is 496 g/mol. The van der Waals surface area contributed by atoms with E-state index in [1.807, 2.05) is 11.9 Å². The van der Waals surface area contributed by atoms with Crippen molar-refractivity contribution in [3.05, 3.63) is 45.3 Å². The molecule has 0 bridgehead atoms. The number of fused-ring (bicyclic) bond motifs is 1. The number of Topliss-reactive ketones (excluding diaryl/α,β-unsaturated/α-hetero) is 1. The van der Waals surface area contributed by atoms with Gasteiger partial charge in [0.15, 0.2) is 11.6 Å². The standard InChI is InChI=1S/C28H33F2N3O5/c1-31-11-4-6-22(31)23(34)10-9-20(29)16-5-3-12-32(14-16)25-21(30)13-18-24(27(25)38-2)33(17-7-8-17)15-19(26(18)35)28(36)37/h13,15,17,22H,3-12,14H2,1-2H3,(H,36,37)/b20-16+/t22-/m0/s1. The summed E-state index contributed by atoms with van der Waals surface area (Å²) < 4.78 is 38.3. The van der Waals surface area contributed by atoms with Gasteiger partial charge >= 0.3 is 5.97 Å². The van der Waals surface area contributed by atoms with Crippen molar-refractivity contribution in [3.63, 3.8) is 0 Å². The lowest BCUT2D eigenvalue weighted by Crippen LogP contribution is -2.33. The second-order valence-corrected chi connectivity index (χ2v) is 10.6. The second-order valence-electron chi connectivity index (χ2n) is 10.6. The van der Waals surface area contributed by atoms with E-state index in [9.17, 15) is 19.5 Å². The normalized spacial score (nSPS) is 21.7. The maximum absolute atomic E-state index is 15.6. The predicted molar refractivity (Wildman–Crippen MR) is 139 cm³/mol. The molecule has 1 atom stereocenters. The fourth-order valence-electron chi connectivity index (χ4n) is 5.90. The molecule has 5 rings (SSSR count). The number of aromatic carboxylic acids is 1. The van der Waals surface area contributed by atoms with E-state index in [-0.39, 0.29) is 59.9 Å². The molecule has 3 heterocycles. The summed E-state index contributed by atoms with van der Waals surface area (Å²) in [6.45, 7) is 1.48. The van der Waals surface area contributed by atoms with Gasteiger partial charge in [0.2, 0.25) is 5.43 Å². The number of halogens is 2. The van der Waals surface area contributed by atoms with Crippen molar-refractivity contribution in [3.8, 4) is 5.75 Å². The molecule has 2 saturated heterocycles. The third kappa shape index (κ3) is 4.81. The molecule has 2 aliphatic heterocycles. The fourth-order valence-corrected chi connectivity index (χ4v) is 5.90. The van der Waals surface area contributed by atoms with E-state index in [1.54, 1.807) is 9.47 Å². The summed E-state index contributed by atoms with van der Waals surface area (Å²) in [6, 6.07) is 0.929. The van der Waals surface area contributed by atoms with Crippen molar-refractivity contribution >= 4 is 28.3 Å². The predicted octanol–water partition coefficient (Wildman–Crippen LogP) is 4.45. The van der Waals surface area contributed by atoms with Crippen LogP contribution in [0, 0.1) is 5.82 Å². The molecule has 1 saturated carbocycles. The van der Waals surface area contributed by atoms with Crippen LogP contribution in [-0.4, -0.2) is 66.2 Å². The Morgan fingerprint density at radius 3 is 2.55 bits per heavy atom. The molecule has 1 aromatic heterocycles. The molecule has 0 unspecified atom stereocenters. The molecule has 2 aromatic rings. The summed E-state index contributed by atoms with van der Waals surface area (Å²) in [7, 11) is 3.30. The van der Waals surface area contributed by atoms with Gasteiger partial charge < -0.3 is 19.3 Å². The third-order valence-corrected chi connectivity index (χ3v) is 8.04. The summed E-state index contributed by atoms with van der Waals surface area (Å²) in [4.78, 5) is 41.0. The number of carbonyl (C=O) groups excluding carboxylic acids is 1. The van der Waals surface area contributed by atoms with E-state index in [4.69, 9.17) is 4.74 Å². The first kappa shape index (κ1) is 26.3. The molecule has 3 fully saturated rings. The lowest BCUT2D eigenvalue weighted by Gasteiger charge is -2.33. The lowest BCUT2D eigenvalue weighted by molar-refractivity contribution is -0.123. The number of methoxy groups -OCH3 is 1. The minimum Gasteiger partial charge on any atom is -0.492 e. The maximum atomic E-state index is 15.6. The zero-order valence-corrected chi connectivity index (χ0v) is 21.8. The van der Waals surface area contributed by atoms with Crippen LogP contribution in [0.5, 0.6) is 5.75 Å². The van der Waals surface area contributed by atoms with Crippen molar-refractivity contribution in [2.45, 2.75) is 63.5 Å². The quantitative estimate of drug-likeness (QED) is 0.540. The zero-order valence-electron chi connectivity index (χ0n) is 21.8. The van der Waals surface area contributed by atoms with Gasteiger partial charge in [0.05, 0.1) is 24.1 Å². The van der Waals surface area contributed by atoms with Crippen molar-refractivity contribution in [2.24, 2.45) is 0 Å². The Balaban J connectivity index is 1.48. The van der Waals surface area contributed by atoms with Crippen LogP contribution in [0.25, 0.3) is 10.9 Å². The van der Waals surface area contributed by atoms with Crippen molar-refractivity contribution in [1.29, 1.82) is 0 Å². The number of carboxylic acids is 1. The van der Waals surface area contributed by atoms with Crippen molar-refractivity contribution < 1.29 is 28.2 Å². The number of likely N-dealkylation sites (N-methyl/N-ethyl adjacent to an activating group) is 1. The number of hydrogen-bond donors (Lipinski definition) is 1. The van der Waals surface area contributed by atoms with Gasteiger partial charge in [-0.05, 0) is 63.8 Å². The molecule has 0 spiro atoms. The van der Waals surface area contributed by atoms with Crippen molar-refractivity contribution in [1.82, 2.24) is 9.47 Å². The van der Waals surface area contributed by atoms with Crippen molar-refractivity contribution in [2.75, 3.05) is 38.7 Å². The highest BCUT2D eigenvalue weighted by Gasteiger charge is 2.33. The number of allylic oxidation sites excluding steroid dienone is 1. The van der Waals surface area contributed by atoms with Crippen LogP contribution in [-0.2, 0) is 4.79 Å². The summed E-state index contributed by atoms with van der Waals surface area (Å²) in [5.74, 6) is -2.23. The molecule has 204 valence electrons. The monoisotopic (exact) mass is 529 g/mol. The highest BCUT2D eigenvalue weighted by molar-refractivity contribution is 5.97. The Morgan fingerprint density at radius 2 is 1.92 bits per heavy atom. The SMILES string of the molecule is COc1c(N2CCC/C(=C(\F)CCC(=O)[C@@H]3CCCN3C)C2)c(F)cc2c(=O)c(C(=O)O)cn(C3CC3)c12. The summed E-state index contributed by atoms with van der Waals surface area (Å²) in [5.41, 5.74) is -0.167. The van der Waals surface area contributed by atoms with Crippen LogP contribution < -0.4 is 15.1 Å². The van der Waals surface area contributed by atoms with Gasteiger partial charge in [0.1, 0.15) is 22.9 Å². The highest BCUT2D eigenvalue weighted by atomic mass is 19.1. The number of benzene rings is 1. The van der Waals surface area contributed by atoms with E-state index in [0.29, 0.717) is 30.5 Å². The smallest absolute Gasteiger partial charge is 0.341 e. The Morgan fingerprint density at radius 1 is 1.16 bits per heavy atom. The molecule has 3 aliphatic rings. The highest BCUT2D eigenvalue weighted by Crippen LogP contribution is 2.44. The average molecular weight is 530 g/mol. The maximum Gasteiger partial charge on any atom is 0.341 e. The Labute approximate surface area is 219 Å². The molecule has 8 nitrogen and oxygen atoms in total. The van der Waals surface area contributed by atoms with E-state index in [1.165, 1.54) is 13.3 Å². The van der Waals surface area contributed by atoms with E-state index in [2.05, 4.69) is 0 Å². The van der Waals surface area contributed by atoms with E-state index >= 15 is 8.78 Å². The van der Waals surface area contributed by atoms with Gasteiger partial charge in [0.25, 0.3) is 0 Å². The summed E-state index contributed by atoms with van der Waals surface area (Å²) in [5, 5.41) is 9.48. The van der Waals surface area contributed by atoms with Crippen LogP contribution in [0.1, 0.15) is 67.8 Å². The number of nitrogens with zero attached hydrogens (tertiary/aromatic N) is 3. The van der Waals surface area contributed by atoms with Gasteiger partial charge in [-0.1, -0.05) is 0 Å².